The summed E-state index contributed by atoms with van der Waals surface area (Å²) in [6.45, 7) is 4.29. The minimum absolute atomic E-state index is 0.0673. The number of anilines is 2. The van der Waals surface area contributed by atoms with E-state index < -0.39 is 0 Å². The van der Waals surface area contributed by atoms with Crippen molar-refractivity contribution in [2.24, 2.45) is 5.92 Å². The summed E-state index contributed by atoms with van der Waals surface area (Å²) in [5, 5.41) is 15.0. The van der Waals surface area contributed by atoms with Crippen LogP contribution in [-0.2, 0) is 16.1 Å². The summed E-state index contributed by atoms with van der Waals surface area (Å²) in [6.07, 6.45) is -0.262. The van der Waals surface area contributed by atoms with Gasteiger partial charge in [0, 0.05) is 12.8 Å². The summed E-state index contributed by atoms with van der Waals surface area (Å²) in [6, 6.07) is 7.32. The first-order valence-corrected chi connectivity index (χ1v) is 9.09. The molecule has 0 aliphatic carbocycles. The smallest absolute Gasteiger partial charge is 0.258 e. The SMILES string of the molecule is COCc1nnc(NC(=O)CN2C(=O)c3ccccc3N[C@H]2C(C)C)s1. The number of methoxy groups -OCH3 is 1. The molecule has 2 heterocycles. The number of nitrogens with one attached hydrogen (secondary N) is 2. The Morgan fingerprint density at radius 2 is 2.15 bits per heavy atom. The third kappa shape index (κ3) is 3.83. The van der Waals surface area contributed by atoms with Gasteiger partial charge >= 0.3 is 0 Å². The van der Waals surface area contributed by atoms with Crippen molar-refractivity contribution in [2.75, 3.05) is 24.3 Å². The molecule has 0 saturated carbocycles. The van der Waals surface area contributed by atoms with E-state index in [-0.39, 0.29) is 30.4 Å². The van der Waals surface area contributed by atoms with Crippen LogP contribution < -0.4 is 10.6 Å². The predicted molar refractivity (Wildman–Crippen MR) is 99.0 cm³/mol. The third-order valence-electron chi connectivity index (χ3n) is 3.98. The summed E-state index contributed by atoms with van der Waals surface area (Å²) < 4.78 is 4.99. The maximum atomic E-state index is 12.9. The van der Waals surface area contributed by atoms with Crippen LogP contribution in [0.2, 0.25) is 0 Å². The van der Waals surface area contributed by atoms with Crippen molar-refractivity contribution in [3.8, 4) is 0 Å². The molecule has 8 nitrogen and oxygen atoms in total. The predicted octanol–water partition coefficient (Wildman–Crippen LogP) is 2.17. The normalized spacial score (nSPS) is 16.4. The number of rotatable bonds is 6. The van der Waals surface area contributed by atoms with Gasteiger partial charge in [0.15, 0.2) is 0 Å². The Morgan fingerprint density at radius 3 is 2.88 bits per heavy atom. The van der Waals surface area contributed by atoms with Gasteiger partial charge in [-0.2, -0.15) is 0 Å². The van der Waals surface area contributed by atoms with E-state index in [0.717, 1.165) is 5.69 Å². The van der Waals surface area contributed by atoms with Gasteiger partial charge in [0.05, 0.1) is 5.56 Å². The van der Waals surface area contributed by atoms with E-state index in [9.17, 15) is 9.59 Å². The maximum Gasteiger partial charge on any atom is 0.258 e. The number of hydrogen-bond donors (Lipinski definition) is 2. The van der Waals surface area contributed by atoms with Crippen LogP contribution >= 0.6 is 11.3 Å². The first kappa shape index (κ1) is 18.3. The molecule has 0 bridgehead atoms. The van der Waals surface area contributed by atoms with Crippen LogP contribution in [-0.4, -0.2) is 46.7 Å². The zero-order chi connectivity index (χ0) is 18.7. The van der Waals surface area contributed by atoms with E-state index in [0.29, 0.717) is 22.3 Å². The molecule has 0 fully saturated rings. The number of aromatic nitrogens is 2. The van der Waals surface area contributed by atoms with Crippen molar-refractivity contribution in [1.29, 1.82) is 0 Å². The number of fused-ring (bicyclic) bond motifs is 1. The highest BCUT2D eigenvalue weighted by Gasteiger charge is 2.34. The summed E-state index contributed by atoms with van der Waals surface area (Å²) in [5.41, 5.74) is 1.36. The number of ether oxygens (including phenoxy) is 1. The first-order valence-electron chi connectivity index (χ1n) is 8.27. The van der Waals surface area contributed by atoms with Gasteiger partial charge in [0.25, 0.3) is 5.91 Å². The molecule has 2 amide bonds. The molecule has 2 aromatic rings. The van der Waals surface area contributed by atoms with E-state index >= 15 is 0 Å². The highest BCUT2D eigenvalue weighted by molar-refractivity contribution is 7.15. The lowest BCUT2D eigenvalue weighted by Crippen LogP contribution is -2.53. The summed E-state index contributed by atoms with van der Waals surface area (Å²) in [4.78, 5) is 26.9. The molecule has 9 heteroatoms. The van der Waals surface area contributed by atoms with E-state index in [1.165, 1.54) is 11.3 Å². The number of carbonyl (C=O) groups is 2. The molecule has 0 spiro atoms. The van der Waals surface area contributed by atoms with Crippen molar-refractivity contribution in [3.05, 3.63) is 34.8 Å². The van der Waals surface area contributed by atoms with Crippen molar-refractivity contribution in [2.45, 2.75) is 26.6 Å². The van der Waals surface area contributed by atoms with Gasteiger partial charge < -0.3 is 15.0 Å². The fraction of sp³-hybridized carbons (Fsp3) is 0.412. The molecule has 138 valence electrons. The largest absolute Gasteiger partial charge is 0.377 e. The van der Waals surface area contributed by atoms with Crippen LogP contribution in [0.15, 0.2) is 24.3 Å². The molecule has 26 heavy (non-hydrogen) atoms. The van der Waals surface area contributed by atoms with Gasteiger partial charge in [-0.25, -0.2) is 0 Å². The second-order valence-electron chi connectivity index (χ2n) is 6.29. The summed E-state index contributed by atoms with van der Waals surface area (Å²) in [5.74, 6) is -0.342. The molecular formula is C17H21N5O3S. The van der Waals surface area contributed by atoms with E-state index in [1.807, 2.05) is 32.0 Å². The minimum Gasteiger partial charge on any atom is -0.377 e. The van der Waals surface area contributed by atoms with E-state index in [4.69, 9.17) is 4.74 Å². The monoisotopic (exact) mass is 375 g/mol. The zero-order valence-electron chi connectivity index (χ0n) is 14.9. The standard InChI is InChI=1S/C17H21N5O3S/c1-10(2)15-18-12-7-5-4-6-11(12)16(24)22(15)8-13(23)19-17-21-20-14(26-17)9-25-3/h4-7,10,15,18H,8-9H2,1-3H3,(H,19,21,23)/t15-/m1/s1. The van der Waals surface area contributed by atoms with Gasteiger partial charge in [0.2, 0.25) is 11.0 Å². The number of carbonyl (C=O) groups excluding carboxylic acids is 2. The molecule has 0 saturated heterocycles. The van der Waals surface area contributed by atoms with Gasteiger partial charge in [0.1, 0.15) is 24.3 Å². The van der Waals surface area contributed by atoms with Crippen molar-refractivity contribution < 1.29 is 14.3 Å². The van der Waals surface area contributed by atoms with Crippen molar-refractivity contribution in [1.82, 2.24) is 15.1 Å². The fourth-order valence-electron chi connectivity index (χ4n) is 2.81. The number of hydrogen-bond acceptors (Lipinski definition) is 7. The average Bonchev–Trinajstić information content (AvgIpc) is 3.04. The van der Waals surface area contributed by atoms with Gasteiger partial charge in [-0.3, -0.25) is 14.9 Å². The second-order valence-corrected chi connectivity index (χ2v) is 7.36. The van der Waals surface area contributed by atoms with Gasteiger partial charge in [-0.1, -0.05) is 37.3 Å². The Balaban J connectivity index is 1.73. The first-order chi connectivity index (χ1) is 12.5. The molecule has 1 atom stereocenters. The molecular weight excluding hydrogens is 354 g/mol. The lowest BCUT2D eigenvalue weighted by atomic mass is 10.0. The summed E-state index contributed by atoms with van der Waals surface area (Å²) >= 11 is 1.25. The number of nitrogens with zero attached hydrogens (tertiary/aromatic N) is 3. The minimum atomic E-state index is -0.315. The lowest BCUT2D eigenvalue weighted by Gasteiger charge is -2.39. The highest BCUT2D eigenvalue weighted by Crippen LogP contribution is 2.28. The molecule has 3 rings (SSSR count). The van der Waals surface area contributed by atoms with Crippen LogP contribution in [0, 0.1) is 5.92 Å². The average molecular weight is 375 g/mol. The number of amides is 2. The Kier molecular flexibility index (Phi) is 5.48. The van der Waals surface area contributed by atoms with Crippen LogP contribution in [0.5, 0.6) is 0 Å². The van der Waals surface area contributed by atoms with Gasteiger partial charge in [-0.15, -0.1) is 10.2 Å². The summed E-state index contributed by atoms with van der Waals surface area (Å²) in [7, 11) is 1.57. The molecule has 1 aromatic carbocycles. The Hall–Kier alpha value is -2.52. The van der Waals surface area contributed by atoms with Crippen LogP contribution in [0.4, 0.5) is 10.8 Å². The van der Waals surface area contributed by atoms with E-state index in [1.54, 1.807) is 18.1 Å². The fourth-order valence-corrected chi connectivity index (χ4v) is 3.54. The third-order valence-corrected chi connectivity index (χ3v) is 4.80. The topological polar surface area (TPSA) is 96.5 Å². The van der Waals surface area contributed by atoms with Crippen molar-refractivity contribution >= 4 is 34.0 Å². The Labute approximate surface area is 155 Å². The number of benzene rings is 1. The Bertz CT molecular complexity index is 807. The van der Waals surface area contributed by atoms with Crippen LogP contribution in [0.1, 0.15) is 29.2 Å². The Morgan fingerprint density at radius 1 is 1.38 bits per heavy atom. The molecule has 1 aliphatic heterocycles. The highest BCUT2D eigenvalue weighted by atomic mass is 32.1. The molecule has 1 aliphatic rings. The van der Waals surface area contributed by atoms with E-state index in [2.05, 4.69) is 20.8 Å². The van der Waals surface area contributed by atoms with Crippen LogP contribution in [0.25, 0.3) is 0 Å². The van der Waals surface area contributed by atoms with Gasteiger partial charge in [-0.05, 0) is 18.1 Å². The molecule has 0 unspecified atom stereocenters. The van der Waals surface area contributed by atoms with Crippen LogP contribution in [0.3, 0.4) is 0 Å². The zero-order valence-corrected chi connectivity index (χ0v) is 15.7. The maximum absolute atomic E-state index is 12.9. The molecule has 1 aromatic heterocycles. The molecule has 0 radical (unpaired) electrons. The molecule has 2 N–H and O–H groups in total. The number of para-hydroxylation sites is 1. The lowest BCUT2D eigenvalue weighted by molar-refractivity contribution is -0.117. The van der Waals surface area contributed by atoms with Crippen molar-refractivity contribution in [3.63, 3.8) is 0 Å². The quantitative estimate of drug-likeness (QED) is 0.803. The second kappa shape index (κ2) is 7.79.